The largest absolute Gasteiger partial charge is 0.496 e. The van der Waals surface area contributed by atoms with E-state index in [4.69, 9.17) is 25.5 Å². The summed E-state index contributed by atoms with van der Waals surface area (Å²) in [6.07, 6.45) is 1.46. The fourth-order valence-electron chi connectivity index (χ4n) is 2.33. The van der Waals surface area contributed by atoms with Crippen molar-refractivity contribution < 1.29 is 23.8 Å². The predicted octanol–water partition coefficient (Wildman–Crippen LogP) is 5.39. The van der Waals surface area contributed by atoms with Gasteiger partial charge in [-0.25, -0.2) is 4.79 Å². The predicted molar refractivity (Wildman–Crippen MR) is 113 cm³/mol. The van der Waals surface area contributed by atoms with Crippen LogP contribution in [0, 0.1) is 0 Å². The highest BCUT2D eigenvalue weighted by atomic mass is 79.9. The van der Waals surface area contributed by atoms with Crippen LogP contribution in [0.4, 0.5) is 0 Å². The van der Waals surface area contributed by atoms with Crippen LogP contribution in [0.2, 0.25) is 5.02 Å². The van der Waals surface area contributed by atoms with Gasteiger partial charge in [0, 0.05) is 22.2 Å². The van der Waals surface area contributed by atoms with Crippen molar-refractivity contribution in [3.05, 3.63) is 56.4 Å². The lowest BCUT2D eigenvalue weighted by Crippen LogP contribution is -1.98. The lowest BCUT2D eigenvalue weighted by molar-refractivity contribution is -0.131. The second-order valence-corrected chi connectivity index (χ2v) is 7.81. The van der Waals surface area contributed by atoms with Crippen LogP contribution in [0.15, 0.2) is 55.4 Å². The van der Waals surface area contributed by atoms with Crippen molar-refractivity contribution in [2.24, 2.45) is 0 Å². The van der Waals surface area contributed by atoms with Crippen LogP contribution in [-0.2, 0) is 4.79 Å². The van der Waals surface area contributed by atoms with Gasteiger partial charge in [-0.2, -0.15) is 0 Å². The Kier molecular flexibility index (Phi) is 6.83. The van der Waals surface area contributed by atoms with Crippen LogP contribution in [0.1, 0.15) is 5.56 Å². The molecule has 0 bridgehead atoms. The molecule has 1 heterocycles. The van der Waals surface area contributed by atoms with Crippen LogP contribution in [-0.4, -0.2) is 35.5 Å². The third-order valence-corrected chi connectivity index (χ3v) is 5.42. The first-order valence-electron chi connectivity index (χ1n) is 8.05. The first kappa shape index (κ1) is 21.2. The highest BCUT2D eigenvalue weighted by Crippen LogP contribution is 2.36. The van der Waals surface area contributed by atoms with E-state index in [0.29, 0.717) is 32.1 Å². The summed E-state index contributed by atoms with van der Waals surface area (Å²) in [5, 5.41) is 18.2. The van der Waals surface area contributed by atoms with Crippen LogP contribution in [0.25, 0.3) is 17.5 Å². The molecule has 1 N–H and O–H groups in total. The number of carbonyl (C=O) groups is 1. The number of ether oxygens (including phenoxy) is 2. The van der Waals surface area contributed by atoms with E-state index in [1.54, 1.807) is 36.4 Å². The number of nitrogens with zero attached hydrogens (tertiary/aromatic N) is 2. The van der Waals surface area contributed by atoms with E-state index in [9.17, 15) is 9.90 Å². The van der Waals surface area contributed by atoms with Crippen molar-refractivity contribution >= 4 is 51.3 Å². The molecule has 10 heteroatoms. The molecule has 2 aromatic carbocycles. The zero-order valence-electron chi connectivity index (χ0n) is 15.2. The zero-order valence-corrected chi connectivity index (χ0v) is 18.3. The Morgan fingerprint density at radius 3 is 2.48 bits per heavy atom. The number of aromatic nitrogens is 2. The van der Waals surface area contributed by atoms with Gasteiger partial charge in [0.2, 0.25) is 5.89 Å². The van der Waals surface area contributed by atoms with Crippen LogP contribution in [0.5, 0.6) is 11.5 Å². The Balaban J connectivity index is 1.91. The molecule has 0 aliphatic heterocycles. The molecule has 0 unspecified atom stereocenters. The number of halogens is 2. The molecule has 0 amide bonds. The summed E-state index contributed by atoms with van der Waals surface area (Å²) in [6.45, 7) is 0. The van der Waals surface area contributed by atoms with Crippen LogP contribution >= 0.6 is 39.3 Å². The minimum atomic E-state index is -1.14. The van der Waals surface area contributed by atoms with Crippen molar-refractivity contribution in [1.82, 2.24) is 10.2 Å². The number of rotatable bonds is 7. The lowest BCUT2D eigenvalue weighted by Gasteiger charge is -2.10. The van der Waals surface area contributed by atoms with E-state index in [-0.39, 0.29) is 16.0 Å². The quantitative estimate of drug-likeness (QED) is 0.343. The van der Waals surface area contributed by atoms with Gasteiger partial charge >= 0.3 is 5.97 Å². The standard InChI is InChI=1S/C19H14BrClN2O5S/c1-26-14-9-15(27-2)13(20)7-11(14)8-16(18(24)25)29-19-23-22-17(28-19)10-3-5-12(21)6-4-10/h3-9H,1-2H3,(H,24,25)/b16-8-. The molecule has 150 valence electrons. The third-order valence-electron chi connectivity index (χ3n) is 3.70. The van der Waals surface area contributed by atoms with E-state index >= 15 is 0 Å². The number of methoxy groups -OCH3 is 2. The minimum absolute atomic E-state index is 0.0216. The summed E-state index contributed by atoms with van der Waals surface area (Å²) in [4.78, 5) is 11.7. The number of carboxylic acids is 1. The minimum Gasteiger partial charge on any atom is -0.496 e. The van der Waals surface area contributed by atoms with Gasteiger partial charge in [0.05, 0.1) is 18.7 Å². The molecular formula is C19H14BrClN2O5S. The van der Waals surface area contributed by atoms with Gasteiger partial charge in [0.1, 0.15) is 16.4 Å². The number of thioether (sulfide) groups is 1. The van der Waals surface area contributed by atoms with E-state index in [0.717, 1.165) is 11.8 Å². The van der Waals surface area contributed by atoms with E-state index in [1.165, 1.54) is 20.3 Å². The molecular weight excluding hydrogens is 484 g/mol. The smallest absolute Gasteiger partial charge is 0.342 e. The number of hydrogen-bond acceptors (Lipinski definition) is 7. The summed E-state index contributed by atoms with van der Waals surface area (Å²) in [6, 6.07) is 10.2. The second kappa shape index (κ2) is 9.34. The van der Waals surface area contributed by atoms with Gasteiger partial charge in [0.25, 0.3) is 5.22 Å². The lowest BCUT2D eigenvalue weighted by atomic mass is 10.1. The van der Waals surface area contributed by atoms with E-state index in [2.05, 4.69) is 26.1 Å². The monoisotopic (exact) mass is 496 g/mol. The van der Waals surface area contributed by atoms with Crippen molar-refractivity contribution in [1.29, 1.82) is 0 Å². The molecule has 0 atom stereocenters. The number of aliphatic carboxylic acids is 1. The molecule has 0 aliphatic rings. The normalized spacial score (nSPS) is 11.4. The molecule has 1 aromatic heterocycles. The topological polar surface area (TPSA) is 94.7 Å². The Labute approximate surface area is 183 Å². The van der Waals surface area contributed by atoms with Gasteiger partial charge in [-0.05, 0) is 64.1 Å². The summed E-state index contributed by atoms with van der Waals surface area (Å²) >= 11 is 10.1. The Bertz CT molecular complexity index is 1070. The first-order chi connectivity index (χ1) is 13.9. The van der Waals surface area contributed by atoms with E-state index < -0.39 is 5.97 Å². The molecule has 7 nitrogen and oxygen atoms in total. The fraction of sp³-hybridized carbons (Fsp3) is 0.105. The van der Waals surface area contributed by atoms with Crippen LogP contribution < -0.4 is 9.47 Å². The summed E-state index contributed by atoms with van der Waals surface area (Å²) in [5.74, 6) is 0.138. The highest BCUT2D eigenvalue weighted by molar-refractivity contribution is 9.10. The maximum Gasteiger partial charge on any atom is 0.342 e. The molecule has 0 saturated heterocycles. The van der Waals surface area contributed by atoms with Crippen molar-refractivity contribution in [2.75, 3.05) is 14.2 Å². The number of carboxylic acid groups (broad SMARTS) is 1. The molecule has 0 fully saturated rings. The maximum absolute atomic E-state index is 11.8. The van der Waals surface area contributed by atoms with Gasteiger partial charge in [-0.1, -0.05) is 11.6 Å². The molecule has 0 spiro atoms. The van der Waals surface area contributed by atoms with Gasteiger partial charge in [0.15, 0.2) is 0 Å². The summed E-state index contributed by atoms with van der Waals surface area (Å²) in [5.41, 5.74) is 1.22. The molecule has 3 aromatic rings. The van der Waals surface area contributed by atoms with Crippen LogP contribution in [0.3, 0.4) is 0 Å². The molecule has 0 radical (unpaired) electrons. The average molecular weight is 498 g/mol. The Hall–Kier alpha value is -2.49. The maximum atomic E-state index is 11.8. The van der Waals surface area contributed by atoms with E-state index in [1.807, 2.05) is 0 Å². The highest BCUT2D eigenvalue weighted by Gasteiger charge is 2.18. The van der Waals surface area contributed by atoms with Crippen molar-refractivity contribution in [2.45, 2.75) is 5.22 Å². The Morgan fingerprint density at radius 1 is 1.17 bits per heavy atom. The average Bonchev–Trinajstić information content (AvgIpc) is 3.16. The third kappa shape index (κ3) is 5.11. The zero-order chi connectivity index (χ0) is 21.0. The number of hydrogen-bond donors (Lipinski definition) is 1. The SMILES string of the molecule is COc1cc(OC)c(/C=C(\Sc2nnc(-c3ccc(Cl)cc3)o2)C(=O)O)cc1Br. The Morgan fingerprint density at radius 2 is 1.86 bits per heavy atom. The first-order valence-corrected chi connectivity index (χ1v) is 10.0. The van der Waals surface area contributed by atoms with Gasteiger partial charge in [-0.15, -0.1) is 10.2 Å². The fourth-order valence-corrected chi connectivity index (χ4v) is 3.64. The summed E-state index contributed by atoms with van der Waals surface area (Å²) in [7, 11) is 3.02. The van der Waals surface area contributed by atoms with Crippen molar-refractivity contribution in [3.63, 3.8) is 0 Å². The molecule has 0 saturated carbocycles. The van der Waals surface area contributed by atoms with Crippen molar-refractivity contribution in [3.8, 4) is 23.0 Å². The summed E-state index contributed by atoms with van der Waals surface area (Å²) < 4.78 is 16.8. The second-order valence-electron chi connectivity index (χ2n) is 5.52. The molecule has 0 aliphatic carbocycles. The van der Waals surface area contributed by atoms with Gasteiger partial charge < -0.3 is 19.0 Å². The number of benzene rings is 2. The molecule has 29 heavy (non-hydrogen) atoms. The van der Waals surface area contributed by atoms with Gasteiger partial charge in [-0.3, -0.25) is 0 Å². The molecule has 3 rings (SSSR count).